The Kier molecular flexibility index (Phi) is 62.7. The molecular formula is C72H140O17P2. The monoisotopic (exact) mass is 1340 g/mol. The maximum atomic E-state index is 13.0. The minimum Gasteiger partial charge on any atom is -0.462 e. The van der Waals surface area contributed by atoms with Gasteiger partial charge in [0.05, 0.1) is 26.4 Å². The minimum atomic E-state index is -4.95. The molecule has 0 rings (SSSR count). The molecule has 19 heteroatoms. The number of rotatable bonds is 71. The zero-order valence-corrected chi connectivity index (χ0v) is 60.9. The molecule has 3 N–H and O–H groups in total. The lowest BCUT2D eigenvalue weighted by atomic mass is 9.99. The summed E-state index contributed by atoms with van der Waals surface area (Å²) in [6.07, 6.45) is 50.1. The number of carbonyl (C=O) groups excluding carboxylic acids is 4. The topological polar surface area (TPSA) is 237 Å². The number of carbonyl (C=O) groups is 4. The van der Waals surface area contributed by atoms with Crippen LogP contribution < -0.4 is 0 Å². The van der Waals surface area contributed by atoms with Gasteiger partial charge < -0.3 is 33.8 Å². The standard InChI is InChI=1S/C72H140O17P2/c1-7-11-13-15-17-19-20-21-22-23-24-25-26-27-28-29-31-37-44-50-56-71(76)88-67(60-83-70(75)55-49-43-36-33-32-34-40-46-52-64(5)9-3)62-86-90(78,79)84-58-66(73)59-85-91(80,81)87-63-68(61-82-69(74)54-48-42-35-30-18-16-14-12-8-2)89-72(77)57-51-45-39-38-41-47-53-65(6)10-4/h64-68,73H,7-63H2,1-6H3,(H,78,79)(H,80,81)/t64?,65?,66-,67-,68-/m1/s1. The highest BCUT2D eigenvalue weighted by atomic mass is 31.2. The van der Waals surface area contributed by atoms with Crippen molar-refractivity contribution >= 4 is 39.5 Å². The van der Waals surface area contributed by atoms with Crippen LogP contribution in [0.1, 0.15) is 369 Å². The predicted octanol–water partition coefficient (Wildman–Crippen LogP) is 20.8. The first-order valence-electron chi connectivity index (χ1n) is 37.6. The fourth-order valence-corrected chi connectivity index (χ4v) is 12.5. The first-order valence-corrected chi connectivity index (χ1v) is 40.6. The summed E-state index contributed by atoms with van der Waals surface area (Å²) in [5.74, 6) is -0.629. The van der Waals surface area contributed by atoms with E-state index >= 15 is 0 Å². The second-order valence-electron chi connectivity index (χ2n) is 26.5. The van der Waals surface area contributed by atoms with E-state index in [0.717, 1.165) is 102 Å². The van der Waals surface area contributed by atoms with Crippen molar-refractivity contribution < 1.29 is 80.2 Å². The summed E-state index contributed by atoms with van der Waals surface area (Å²) in [5, 5.41) is 10.6. The van der Waals surface area contributed by atoms with Crippen LogP contribution >= 0.6 is 15.6 Å². The molecule has 0 radical (unpaired) electrons. The third kappa shape index (κ3) is 63.9. The van der Waals surface area contributed by atoms with Crippen molar-refractivity contribution in [3.63, 3.8) is 0 Å². The SMILES string of the molecule is CCCCCCCCCCCCCCCCCCCCCCC(=O)O[C@H](COC(=O)CCCCCCCCCCC(C)CC)COP(=O)(O)OC[C@@H](O)COP(=O)(O)OC[C@@H](COC(=O)CCCCCCCCCCC)OC(=O)CCCCCCCCC(C)CC. The Morgan fingerprint density at radius 3 is 0.780 bits per heavy atom. The average Bonchev–Trinajstić information content (AvgIpc) is 3.74. The average molecular weight is 1340 g/mol. The maximum Gasteiger partial charge on any atom is 0.472 e. The molecule has 0 aliphatic heterocycles. The van der Waals surface area contributed by atoms with Gasteiger partial charge in [-0.1, -0.05) is 318 Å². The van der Waals surface area contributed by atoms with Crippen molar-refractivity contribution in [1.82, 2.24) is 0 Å². The third-order valence-corrected chi connectivity index (χ3v) is 19.3. The van der Waals surface area contributed by atoms with Crippen LogP contribution in [0.4, 0.5) is 0 Å². The molecule has 540 valence electrons. The first kappa shape index (κ1) is 89.1. The van der Waals surface area contributed by atoms with E-state index in [1.54, 1.807) is 0 Å². The highest BCUT2D eigenvalue weighted by Gasteiger charge is 2.30. The van der Waals surface area contributed by atoms with Crippen molar-refractivity contribution in [3.05, 3.63) is 0 Å². The molecule has 0 saturated carbocycles. The van der Waals surface area contributed by atoms with E-state index in [0.29, 0.717) is 25.7 Å². The molecule has 7 atom stereocenters. The lowest BCUT2D eigenvalue weighted by Crippen LogP contribution is -2.30. The Balaban J connectivity index is 5.19. The molecule has 0 aromatic heterocycles. The van der Waals surface area contributed by atoms with Gasteiger partial charge in [-0.2, -0.15) is 0 Å². The van der Waals surface area contributed by atoms with Gasteiger partial charge in [0, 0.05) is 25.7 Å². The van der Waals surface area contributed by atoms with Crippen LogP contribution in [-0.2, 0) is 65.4 Å². The first-order chi connectivity index (χ1) is 43.9. The smallest absolute Gasteiger partial charge is 0.462 e. The molecule has 0 aliphatic carbocycles. The Morgan fingerprint density at radius 1 is 0.308 bits per heavy atom. The van der Waals surface area contributed by atoms with E-state index in [2.05, 4.69) is 41.5 Å². The molecule has 4 unspecified atom stereocenters. The summed E-state index contributed by atoms with van der Waals surface area (Å²) < 4.78 is 68.3. The van der Waals surface area contributed by atoms with Crippen LogP contribution in [0.15, 0.2) is 0 Å². The number of ether oxygens (including phenoxy) is 4. The van der Waals surface area contributed by atoms with Crippen LogP contribution in [0, 0.1) is 11.8 Å². The van der Waals surface area contributed by atoms with Gasteiger partial charge in [0.1, 0.15) is 19.3 Å². The fourth-order valence-electron chi connectivity index (χ4n) is 10.9. The van der Waals surface area contributed by atoms with E-state index in [1.165, 1.54) is 186 Å². The molecule has 0 aromatic rings. The number of hydrogen-bond donors (Lipinski definition) is 3. The molecule has 0 amide bonds. The molecule has 0 saturated heterocycles. The highest BCUT2D eigenvalue weighted by molar-refractivity contribution is 7.47. The second-order valence-corrected chi connectivity index (χ2v) is 29.4. The molecule has 0 spiro atoms. The van der Waals surface area contributed by atoms with Gasteiger partial charge in [-0.3, -0.25) is 37.3 Å². The van der Waals surface area contributed by atoms with Gasteiger partial charge in [-0.25, -0.2) is 9.13 Å². The Bertz CT molecular complexity index is 1770. The number of aliphatic hydroxyl groups is 1. The molecule has 0 bridgehead atoms. The zero-order valence-electron chi connectivity index (χ0n) is 59.1. The Labute approximate surface area is 556 Å². The van der Waals surface area contributed by atoms with Crippen molar-refractivity contribution in [3.8, 4) is 0 Å². The largest absolute Gasteiger partial charge is 0.472 e. The summed E-state index contributed by atoms with van der Waals surface area (Å²) in [7, 11) is -9.90. The van der Waals surface area contributed by atoms with E-state index in [9.17, 15) is 43.2 Å². The molecule has 0 aliphatic rings. The minimum absolute atomic E-state index is 0.103. The molecule has 17 nitrogen and oxygen atoms in total. The van der Waals surface area contributed by atoms with Crippen LogP contribution in [0.3, 0.4) is 0 Å². The summed E-state index contributed by atoms with van der Waals surface area (Å²) >= 11 is 0. The number of esters is 4. The van der Waals surface area contributed by atoms with E-state index in [4.69, 9.17) is 37.0 Å². The molecule has 0 heterocycles. The fraction of sp³-hybridized carbons (Fsp3) is 0.944. The van der Waals surface area contributed by atoms with Gasteiger partial charge in [-0.05, 0) is 37.5 Å². The van der Waals surface area contributed by atoms with Crippen molar-refractivity contribution in [2.45, 2.75) is 387 Å². The highest BCUT2D eigenvalue weighted by Crippen LogP contribution is 2.45. The molecule has 0 fully saturated rings. The van der Waals surface area contributed by atoms with Gasteiger partial charge in [0.2, 0.25) is 0 Å². The van der Waals surface area contributed by atoms with Gasteiger partial charge >= 0.3 is 39.5 Å². The number of phosphoric ester groups is 2. The van der Waals surface area contributed by atoms with E-state index in [1.807, 2.05) is 0 Å². The molecular weight excluding hydrogens is 1200 g/mol. The van der Waals surface area contributed by atoms with Crippen molar-refractivity contribution in [2.75, 3.05) is 39.6 Å². The number of phosphoric acid groups is 2. The summed E-state index contributed by atoms with van der Waals surface area (Å²) in [6, 6.07) is 0. The van der Waals surface area contributed by atoms with Gasteiger partial charge in [-0.15, -0.1) is 0 Å². The molecule has 0 aromatic carbocycles. The Hall–Kier alpha value is -1.94. The quantitative estimate of drug-likeness (QED) is 0.0222. The number of hydrogen-bond acceptors (Lipinski definition) is 15. The van der Waals surface area contributed by atoms with Gasteiger partial charge in [0.15, 0.2) is 12.2 Å². The predicted molar refractivity (Wildman–Crippen MR) is 368 cm³/mol. The van der Waals surface area contributed by atoms with Crippen LogP contribution in [0.2, 0.25) is 0 Å². The Morgan fingerprint density at radius 2 is 0.527 bits per heavy atom. The van der Waals surface area contributed by atoms with Crippen LogP contribution in [-0.4, -0.2) is 96.7 Å². The van der Waals surface area contributed by atoms with E-state index < -0.39 is 97.5 Å². The van der Waals surface area contributed by atoms with Crippen LogP contribution in [0.5, 0.6) is 0 Å². The molecule has 91 heavy (non-hydrogen) atoms. The summed E-state index contributed by atoms with van der Waals surface area (Å²) in [5.41, 5.74) is 0. The number of aliphatic hydroxyl groups excluding tert-OH is 1. The second kappa shape index (κ2) is 64.1. The lowest BCUT2D eigenvalue weighted by Gasteiger charge is -2.21. The lowest BCUT2D eigenvalue weighted by molar-refractivity contribution is -0.161. The van der Waals surface area contributed by atoms with E-state index in [-0.39, 0.29) is 25.7 Å². The third-order valence-electron chi connectivity index (χ3n) is 17.4. The normalized spacial score (nSPS) is 14.7. The summed E-state index contributed by atoms with van der Waals surface area (Å²) in [4.78, 5) is 72.5. The maximum absolute atomic E-state index is 13.0. The zero-order chi connectivity index (χ0) is 67.2. The summed E-state index contributed by atoms with van der Waals surface area (Å²) in [6.45, 7) is 9.50. The number of unbranched alkanes of at least 4 members (excludes halogenated alkanes) is 39. The van der Waals surface area contributed by atoms with Crippen LogP contribution in [0.25, 0.3) is 0 Å². The van der Waals surface area contributed by atoms with Gasteiger partial charge in [0.25, 0.3) is 0 Å². The van der Waals surface area contributed by atoms with Crippen molar-refractivity contribution in [1.29, 1.82) is 0 Å². The van der Waals surface area contributed by atoms with Crippen molar-refractivity contribution in [2.24, 2.45) is 11.8 Å².